The highest BCUT2D eigenvalue weighted by atomic mass is 79.9. The highest BCUT2D eigenvalue weighted by Gasteiger charge is 2.20. The van der Waals surface area contributed by atoms with E-state index < -0.39 is 0 Å². The number of nitrogens with one attached hydrogen (secondary N) is 1. The van der Waals surface area contributed by atoms with Crippen LogP contribution >= 0.6 is 28.1 Å². The predicted molar refractivity (Wildman–Crippen MR) is 86.3 cm³/mol. The average molecular weight is 330 g/mol. The van der Waals surface area contributed by atoms with E-state index in [1.165, 1.54) is 0 Å². The second kappa shape index (κ2) is 5.99. The normalized spacial score (nSPS) is 11.7. The number of likely N-dealkylation sites (N-methyl/N-ethyl adjacent to an activating group) is 1. The summed E-state index contributed by atoms with van der Waals surface area (Å²) in [6.07, 6.45) is 0. The van der Waals surface area contributed by atoms with E-state index in [0.29, 0.717) is 4.99 Å². The molecule has 3 nitrogen and oxygen atoms in total. The molecule has 1 rings (SSSR count). The Morgan fingerprint density at radius 2 is 2.06 bits per heavy atom. The van der Waals surface area contributed by atoms with Gasteiger partial charge in [-0.25, -0.2) is 0 Å². The zero-order chi connectivity index (χ0) is 13.9. The second-order valence-corrected chi connectivity index (χ2v) is 6.47. The van der Waals surface area contributed by atoms with Gasteiger partial charge in [-0.1, -0.05) is 28.1 Å². The van der Waals surface area contributed by atoms with E-state index in [9.17, 15) is 0 Å². The van der Waals surface area contributed by atoms with Gasteiger partial charge in [-0.3, -0.25) is 0 Å². The Morgan fingerprint density at radius 1 is 1.44 bits per heavy atom. The molecule has 0 bridgehead atoms. The molecule has 1 aromatic carbocycles. The Kier molecular flexibility index (Phi) is 5.13. The van der Waals surface area contributed by atoms with Gasteiger partial charge in [0.2, 0.25) is 0 Å². The molecule has 0 amide bonds. The van der Waals surface area contributed by atoms with Crippen molar-refractivity contribution in [3.8, 4) is 0 Å². The van der Waals surface area contributed by atoms with E-state index >= 15 is 0 Å². The number of halogens is 1. The molecule has 3 N–H and O–H groups in total. The summed E-state index contributed by atoms with van der Waals surface area (Å²) in [4.78, 5) is 2.58. The lowest BCUT2D eigenvalue weighted by Gasteiger charge is -2.33. The van der Waals surface area contributed by atoms with Gasteiger partial charge in [0.1, 0.15) is 4.99 Å². The molecule has 5 heteroatoms. The molecule has 0 saturated carbocycles. The van der Waals surface area contributed by atoms with Gasteiger partial charge < -0.3 is 16.0 Å². The number of nitrogens with two attached hydrogens (primary N) is 1. The van der Waals surface area contributed by atoms with Crippen LogP contribution in [0.3, 0.4) is 0 Å². The molecule has 100 valence electrons. The molecule has 0 aliphatic rings. The molecule has 0 saturated heterocycles. The van der Waals surface area contributed by atoms with Gasteiger partial charge in [0.15, 0.2) is 0 Å². The third-order valence-electron chi connectivity index (χ3n) is 3.17. The van der Waals surface area contributed by atoms with Crippen LogP contribution in [0.15, 0.2) is 22.7 Å². The summed E-state index contributed by atoms with van der Waals surface area (Å²) in [6, 6.07) is 5.91. The van der Waals surface area contributed by atoms with Crippen LogP contribution < -0.4 is 11.1 Å². The Morgan fingerprint density at radius 3 is 2.56 bits per heavy atom. The molecule has 0 radical (unpaired) electrons. The highest BCUT2D eigenvalue weighted by Crippen LogP contribution is 2.22. The topological polar surface area (TPSA) is 41.3 Å². The van der Waals surface area contributed by atoms with Crippen LogP contribution in [-0.4, -0.2) is 36.1 Å². The van der Waals surface area contributed by atoms with Gasteiger partial charge in [-0.05, 0) is 46.1 Å². The average Bonchev–Trinajstić information content (AvgIpc) is 2.27. The number of hydrogen-bond acceptors (Lipinski definition) is 3. The number of benzene rings is 1. The monoisotopic (exact) mass is 329 g/mol. The molecule has 0 fully saturated rings. The van der Waals surface area contributed by atoms with E-state index in [2.05, 4.69) is 54.1 Å². The summed E-state index contributed by atoms with van der Waals surface area (Å²) in [6.45, 7) is 5.18. The fraction of sp³-hybridized carbons (Fsp3) is 0.462. The summed E-state index contributed by atoms with van der Waals surface area (Å²) in [5.74, 6) is 0. The predicted octanol–water partition coefficient (Wildman–Crippen LogP) is 2.84. The first kappa shape index (κ1) is 15.4. The van der Waals surface area contributed by atoms with Crippen molar-refractivity contribution in [3.63, 3.8) is 0 Å². The number of anilines is 1. The van der Waals surface area contributed by atoms with E-state index in [4.69, 9.17) is 18.0 Å². The van der Waals surface area contributed by atoms with Crippen molar-refractivity contribution in [2.45, 2.75) is 19.4 Å². The van der Waals surface area contributed by atoms with Gasteiger partial charge in [0.05, 0.1) is 0 Å². The quantitative estimate of drug-likeness (QED) is 0.815. The van der Waals surface area contributed by atoms with Crippen LogP contribution in [0.4, 0.5) is 5.69 Å². The zero-order valence-corrected chi connectivity index (χ0v) is 13.7. The van der Waals surface area contributed by atoms with Crippen molar-refractivity contribution in [3.05, 3.63) is 28.2 Å². The molecule has 0 aromatic heterocycles. The van der Waals surface area contributed by atoms with Gasteiger partial charge in [-0.15, -0.1) is 0 Å². The zero-order valence-electron chi connectivity index (χ0n) is 11.2. The number of hydrogen-bond donors (Lipinski definition) is 2. The number of nitrogens with zero attached hydrogens (tertiary/aromatic N) is 1. The fourth-order valence-corrected chi connectivity index (χ4v) is 1.87. The van der Waals surface area contributed by atoms with Crippen molar-refractivity contribution in [1.82, 2.24) is 4.90 Å². The number of rotatable bonds is 5. The SMILES string of the molecule is CN(C)C(C)(C)CNc1ccc(Br)cc1C(N)=S. The van der Waals surface area contributed by atoms with Crippen LogP contribution in [0.2, 0.25) is 0 Å². The van der Waals surface area contributed by atoms with Crippen molar-refractivity contribution in [2.75, 3.05) is 26.0 Å². The second-order valence-electron chi connectivity index (χ2n) is 5.11. The molecule has 0 aliphatic carbocycles. The lowest BCUT2D eigenvalue weighted by Crippen LogP contribution is -2.44. The number of thiocarbonyl (C=S) groups is 1. The first-order valence-electron chi connectivity index (χ1n) is 5.74. The van der Waals surface area contributed by atoms with Gasteiger partial charge in [0.25, 0.3) is 0 Å². The Bertz CT molecular complexity index is 444. The smallest absolute Gasteiger partial charge is 0.106 e. The lowest BCUT2D eigenvalue weighted by atomic mass is 10.0. The molecular weight excluding hydrogens is 310 g/mol. The minimum Gasteiger partial charge on any atom is -0.389 e. The van der Waals surface area contributed by atoms with E-state index in [-0.39, 0.29) is 5.54 Å². The van der Waals surface area contributed by atoms with Crippen molar-refractivity contribution >= 4 is 38.8 Å². The van der Waals surface area contributed by atoms with Crippen LogP contribution in [0.1, 0.15) is 19.4 Å². The molecule has 0 atom stereocenters. The highest BCUT2D eigenvalue weighted by molar-refractivity contribution is 9.10. The van der Waals surface area contributed by atoms with Crippen molar-refractivity contribution in [2.24, 2.45) is 5.73 Å². The standard InChI is InChI=1S/C13H20BrN3S/c1-13(2,17(3)4)8-16-11-6-5-9(14)7-10(11)12(15)18/h5-7,16H,8H2,1-4H3,(H2,15,18). The molecule has 18 heavy (non-hydrogen) atoms. The summed E-state index contributed by atoms with van der Waals surface area (Å²) in [7, 11) is 4.13. The molecular formula is C13H20BrN3S. The Hall–Kier alpha value is -0.650. The van der Waals surface area contributed by atoms with Crippen molar-refractivity contribution < 1.29 is 0 Å². The Balaban J connectivity index is 2.89. The van der Waals surface area contributed by atoms with Crippen LogP contribution in [0.5, 0.6) is 0 Å². The maximum Gasteiger partial charge on any atom is 0.106 e. The van der Waals surface area contributed by atoms with Gasteiger partial charge in [-0.2, -0.15) is 0 Å². The fourth-order valence-electron chi connectivity index (χ4n) is 1.34. The molecule has 1 aromatic rings. The van der Waals surface area contributed by atoms with E-state index in [1.807, 2.05) is 18.2 Å². The largest absolute Gasteiger partial charge is 0.389 e. The summed E-state index contributed by atoms with van der Waals surface area (Å²) in [5.41, 5.74) is 7.64. The first-order chi connectivity index (χ1) is 8.24. The van der Waals surface area contributed by atoms with Gasteiger partial charge >= 0.3 is 0 Å². The molecule has 0 unspecified atom stereocenters. The van der Waals surface area contributed by atoms with Crippen LogP contribution in [-0.2, 0) is 0 Å². The third kappa shape index (κ3) is 3.93. The maximum atomic E-state index is 5.74. The van der Waals surface area contributed by atoms with E-state index in [0.717, 1.165) is 22.3 Å². The maximum absolute atomic E-state index is 5.74. The summed E-state index contributed by atoms with van der Waals surface area (Å²) in [5, 5.41) is 3.41. The molecule has 0 heterocycles. The molecule has 0 aliphatic heterocycles. The summed E-state index contributed by atoms with van der Waals surface area (Å²) >= 11 is 8.50. The summed E-state index contributed by atoms with van der Waals surface area (Å²) < 4.78 is 0.975. The van der Waals surface area contributed by atoms with E-state index in [1.54, 1.807) is 0 Å². The Labute approximate surface area is 123 Å². The molecule has 0 spiro atoms. The minimum atomic E-state index is 0.0561. The third-order valence-corrected chi connectivity index (χ3v) is 3.88. The van der Waals surface area contributed by atoms with Crippen molar-refractivity contribution in [1.29, 1.82) is 0 Å². The lowest BCUT2D eigenvalue weighted by molar-refractivity contribution is 0.210. The first-order valence-corrected chi connectivity index (χ1v) is 6.95. The van der Waals surface area contributed by atoms with Crippen LogP contribution in [0, 0.1) is 0 Å². The van der Waals surface area contributed by atoms with Crippen LogP contribution in [0.25, 0.3) is 0 Å². The minimum absolute atomic E-state index is 0.0561. The van der Waals surface area contributed by atoms with Gasteiger partial charge in [0, 0.05) is 27.8 Å².